The van der Waals surface area contributed by atoms with E-state index in [1.807, 2.05) is 32.9 Å². The Morgan fingerprint density at radius 2 is 2.00 bits per heavy atom. The summed E-state index contributed by atoms with van der Waals surface area (Å²) < 4.78 is 32.8. The van der Waals surface area contributed by atoms with Gasteiger partial charge in [-0.25, -0.2) is 13.1 Å². The fourth-order valence-corrected chi connectivity index (χ4v) is 3.37. The van der Waals surface area contributed by atoms with Gasteiger partial charge in [-0.15, -0.1) is 0 Å². The number of nitrogens with one attached hydrogen (secondary N) is 2. The molecule has 0 aliphatic rings. The summed E-state index contributed by atoms with van der Waals surface area (Å²) in [6.45, 7) is 9.90. The van der Waals surface area contributed by atoms with E-state index in [-0.39, 0.29) is 12.6 Å². The normalized spacial score (nSPS) is 13.3. The van der Waals surface area contributed by atoms with Crippen LogP contribution in [0.3, 0.4) is 0 Å². The predicted octanol–water partition coefficient (Wildman–Crippen LogP) is 1.81. The van der Waals surface area contributed by atoms with Crippen molar-refractivity contribution in [2.45, 2.75) is 45.2 Å². The van der Waals surface area contributed by atoms with Gasteiger partial charge in [0.1, 0.15) is 0 Å². The molecule has 21 heavy (non-hydrogen) atoms. The first-order chi connectivity index (χ1) is 9.90. The van der Waals surface area contributed by atoms with Crippen LogP contribution < -0.4 is 10.0 Å². The van der Waals surface area contributed by atoms with E-state index in [2.05, 4.69) is 10.0 Å². The van der Waals surface area contributed by atoms with Gasteiger partial charge in [0.15, 0.2) is 0 Å². The van der Waals surface area contributed by atoms with Gasteiger partial charge in [0.25, 0.3) is 0 Å². The Morgan fingerprint density at radius 1 is 1.29 bits per heavy atom. The van der Waals surface area contributed by atoms with Crippen LogP contribution in [0.25, 0.3) is 0 Å². The summed E-state index contributed by atoms with van der Waals surface area (Å²) in [4.78, 5) is 0.335. The molecule has 0 bridgehead atoms. The van der Waals surface area contributed by atoms with Gasteiger partial charge in [-0.05, 0) is 44.5 Å². The summed E-state index contributed by atoms with van der Waals surface area (Å²) in [6.07, 6.45) is -0.143. The molecule has 2 N–H and O–H groups in total. The Morgan fingerprint density at radius 3 is 2.62 bits per heavy atom. The molecule has 0 amide bonds. The van der Waals surface area contributed by atoms with E-state index in [4.69, 9.17) is 4.74 Å². The molecule has 6 heteroatoms. The number of aryl methyl sites for hydroxylation is 1. The summed E-state index contributed by atoms with van der Waals surface area (Å²) in [5, 5.41) is 3.19. The van der Waals surface area contributed by atoms with Gasteiger partial charge in [-0.3, -0.25) is 0 Å². The van der Waals surface area contributed by atoms with E-state index < -0.39 is 10.0 Å². The van der Waals surface area contributed by atoms with Gasteiger partial charge >= 0.3 is 0 Å². The van der Waals surface area contributed by atoms with Crippen LogP contribution in [-0.4, -0.2) is 34.2 Å². The lowest BCUT2D eigenvalue weighted by atomic mass is 10.1. The van der Waals surface area contributed by atoms with Crippen LogP contribution in [0.2, 0.25) is 0 Å². The molecule has 0 heterocycles. The van der Waals surface area contributed by atoms with Crippen LogP contribution in [0.5, 0.6) is 0 Å². The van der Waals surface area contributed by atoms with Crippen LogP contribution in [0.1, 0.15) is 31.9 Å². The number of benzene rings is 1. The van der Waals surface area contributed by atoms with Crippen LogP contribution in [0.4, 0.5) is 0 Å². The average Bonchev–Trinajstić information content (AvgIpc) is 2.44. The zero-order valence-corrected chi connectivity index (χ0v) is 14.1. The van der Waals surface area contributed by atoms with Crippen LogP contribution >= 0.6 is 0 Å². The lowest BCUT2D eigenvalue weighted by Gasteiger charge is -2.15. The van der Waals surface area contributed by atoms with Crippen molar-refractivity contribution < 1.29 is 13.2 Å². The Labute approximate surface area is 128 Å². The fourth-order valence-electron chi connectivity index (χ4n) is 1.96. The Kier molecular flexibility index (Phi) is 7.31. The minimum Gasteiger partial charge on any atom is -0.377 e. The first-order valence-electron chi connectivity index (χ1n) is 7.32. The van der Waals surface area contributed by atoms with Gasteiger partial charge in [0, 0.05) is 19.7 Å². The molecule has 0 spiro atoms. The molecular formula is C15H26N2O3S. The van der Waals surface area contributed by atoms with Gasteiger partial charge in [-0.1, -0.05) is 19.1 Å². The zero-order valence-electron chi connectivity index (χ0n) is 13.3. The summed E-state index contributed by atoms with van der Waals surface area (Å²) in [6, 6.07) is 5.51. The molecular weight excluding hydrogens is 288 g/mol. The first-order valence-corrected chi connectivity index (χ1v) is 8.80. The van der Waals surface area contributed by atoms with Crippen molar-refractivity contribution in [3.05, 3.63) is 29.3 Å². The number of ether oxygens (including phenoxy) is 1. The molecule has 0 fully saturated rings. The third kappa shape index (κ3) is 5.74. The van der Waals surface area contributed by atoms with Crippen LogP contribution in [-0.2, 0) is 21.3 Å². The predicted molar refractivity (Wildman–Crippen MR) is 84.8 cm³/mol. The van der Waals surface area contributed by atoms with E-state index in [1.165, 1.54) is 0 Å². The fraction of sp³-hybridized carbons (Fsp3) is 0.600. The number of sulfonamides is 1. The van der Waals surface area contributed by atoms with Gasteiger partial charge in [-0.2, -0.15) is 0 Å². The molecule has 1 unspecified atom stereocenters. The van der Waals surface area contributed by atoms with Crippen molar-refractivity contribution in [2.75, 3.05) is 19.7 Å². The highest BCUT2D eigenvalue weighted by molar-refractivity contribution is 7.89. The summed E-state index contributed by atoms with van der Waals surface area (Å²) in [5.41, 5.74) is 1.70. The summed E-state index contributed by atoms with van der Waals surface area (Å²) in [7, 11) is -3.51. The Hall–Kier alpha value is -0.950. The quantitative estimate of drug-likeness (QED) is 0.729. The number of hydrogen-bond donors (Lipinski definition) is 2. The van der Waals surface area contributed by atoms with E-state index in [9.17, 15) is 8.42 Å². The number of rotatable bonds is 9. The molecule has 1 atom stereocenters. The first kappa shape index (κ1) is 18.1. The molecule has 0 aromatic heterocycles. The molecule has 0 saturated heterocycles. The molecule has 1 aromatic carbocycles. The largest absolute Gasteiger partial charge is 0.377 e. The molecule has 0 aliphatic heterocycles. The van der Waals surface area contributed by atoms with E-state index >= 15 is 0 Å². The minimum atomic E-state index is -3.51. The second-order valence-corrected chi connectivity index (χ2v) is 6.73. The van der Waals surface area contributed by atoms with Crippen LogP contribution in [0, 0.1) is 6.92 Å². The summed E-state index contributed by atoms with van der Waals surface area (Å²) in [5.74, 6) is 0. The lowest BCUT2D eigenvalue weighted by Crippen LogP contribution is -2.32. The number of hydrogen-bond acceptors (Lipinski definition) is 4. The molecule has 0 saturated carbocycles. The topological polar surface area (TPSA) is 67.4 Å². The maximum Gasteiger partial charge on any atom is 0.240 e. The highest BCUT2D eigenvalue weighted by Crippen LogP contribution is 2.17. The van der Waals surface area contributed by atoms with Crippen molar-refractivity contribution in [1.29, 1.82) is 0 Å². The smallest absolute Gasteiger partial charge is 0.240 e. The molecule has 0 radical (unpaired) electrons. The molecule has 1 aromatic rings. The average molecular weight is 314 g/mol. The highest BCUT2D eigenvalue weighted by atomic mass is 32.2. The zero-order chi connectivity index (χ0) is 15.9. The van der Waals surface area contributed by atoms with Gasteiger partial charge in [0.2, 0.25) is 10.0 Å². The highest BCUT2D eigenvalue weighted by Gasteiger charge is 2.18. The van der Waals surface area contributed by atoms with Gasteiger partial charge < -0.3 is 10.1 Å². The minimum absolute atomic E-state index is 0.143. The molecule has 1 rings (SSSR count). The second kappa shape index (κ2) is 8.48. The third-order valence-corrected chi connectivity index (χ3v) is 4.70. The molecule has 120 valence electrons. The van der Waals surface area contributed by atoms with Gasteiger partial charge in [0.05, 0.1) is 11.0 Å². The van der Waals surface area contributed by atoms with Crippen molar-refractivity contribution in [3.8, 4) is 0 Å². The van der Waals surface area contributed by atoms with Crippen molar-refractivity contribution in [2.24, 2.45) is 0 Å². The van der Waals surface area contributed by atoms with E-state index in [0.717, 1.165) is 17.7 Å². The maximum atomic E-state index is 12.4. The van der Waals surface area contributed by atoms with Crippen LogP contribution in [0.15, 0.2) is 23.1 Å². The molecule has 0 aliphatic carbocycles. The van der Waals surface area contributed by atoms with E-state index in [0.29, 0.717) is 18.0 Å². The van der Waals surface area contributed by atoms with E-state index in [1.54, 1.807) is 13.0 Å². The third-order valence-electron chi connectivity index (χ3n) is 3.13. The van der Waals surface area contributed by atoms with Crippen molar-refractivity contribution in [1.82, 2.24) is 10.0 Å². The molecule has 5 nitrogen and oxygen atoms in total. The van der Waals surface area contributed by atoms with Crippen molar-refractivity contribution in [3.63, 3.8) is 0 Å². The monoisotopic (exact) mass is 314 g/mol. The second-order valence-electron chi connectivity index (χ2n) is 5.00. The SMILES string of the molecule is CCNCc1ccc(C)c(S(=O)(=O)NCC(C)OCC)c1. The maximum absolute atomic E-state index is 12.4. The summed E-state index contributed by atoms with van der Waals surface area (Å²) >= 11 is 0. The Balaban J connectivity index is 2.86. The Bertz CT molecular complexity index is 544. The standard InChI is InChI=1S/C15H26N2O3S/c1-5-16-11-14-8-7-12(3)15(9-14)21(18,19)17-10-13(4)20-6-2/h7-9,13,16-17H,5-6,10-11H2,1-4H3. The van der Waals surface area contributed by atoms with Crippen molar-refractivity contribution >= 4 is 10.0 Å². The lowest BCUT2D eigenvalue weighted by molar-refractivity contribution is 0.0799.